The second-order valence-corrected chi connectivity index (χ2v) is 7.93. The predicted molar refractivity (Wildman–Crippen MR) is 109 cm³/mol. The van der Waals surface area contributed by atoms with Crippen molar-refractivity contribution in [1.29, 1.82) is 0 Å². The maximum absolute atomic E-state index is 12.2. The standard InChI is InChI=1S/C20H22N4O3S/c21-28(26,27)17-8-6-15(7-9-17)10-13-22-14-11-19(25)24-18-5-1-3-16-4-2-12-23-20(16)18/h1-9,12,22H,10-11,13-14H2,(H,24,25)(H2,21,26,27). The molecule has 2 aromatic carbocycles. The number of anilines is 1. The SMILES string of the molecule is NS(=O)(=O)c1ccc(CCNCCC(=O)Nc2cccc3cccnc23)cc1. The second kappa shape index (κ2) is 8.92. The van der Waals surface area contributed by atoms with Gasteiger partial charge in [0.05, 0.1) is 16.1 Å². The number of rotatable bonds is 8. The Labute approximate surface area is 164 Å². The number of nitrogens with zero attached hydrogens (tertiary/aromatic N) is 1. The fourth-order valence-corrected chi connectivity index (χ4v) is 3.34. The number of carbonyl (C=O) groups excluding carboxylic acids is 1. The monoisotopic (exact) mass is 398 g/mol. The number of nitrogens with one attached hydrogen (secondary N) is 2. The lowest BCUT2D eigenvalue weighted by Crippen LogP contribution is -2.23. The zero-order chi connectivity index (χ0) is 20.0. The van der Waals surface area contributed by atoms with Crippen molar-refractivity contribution in [2.75, 3.05) is 18.4 Å². The third-order valence-corrected chi connectivity index (χ3v) is 5.21. The molecular weight excluding hydrogens is 376 g/mol. The largest absolute Gasteiger partial charge is 0.324 e. The summed E-state index contributed by atoms with van der Waals surface area (Å²) in [4.78, 5) is 16.6. The summed E-state index contributed by atoms with van der Waals surface area (Å²) in [5, 5.41) is 12.2. The Morgan fingerprint density at radius 1 is 1.00 bits per heavy atom. The van der Waals surface area contributed by atoms with Gasteiger partial charge < -0.3 is 10.6 Å². The van der Waals surface area contributed by atoms with Crippen molar-refractivity contribution in [3.05, 3.63) is 66.4 Å². The molecule has 0 bridgehead atoms. The lowest BCUT2D eigenvalue weighted by atomic mass is 10.1. The van der Waals surface area contributed by atoms with Crippen molar-refractivity contribution in [2.24, 2.45) is 5.14 Å². The van der Waals surface area contributed by atoms with E-state index in [1.807, 2.05) is 30.3 Å². The smallest absolute Gasteiger partial charge is 0.238 e. The third-order valence-electron chi connectivity index (χ3n) is 4.28. The van der Waals surface area contributed by atoms with Gasteiger partial charge in [-0.25, -0.2) is 13.6 Å². The van der Waals surface area contributed by atoms with E-state index in [1.54, 1.807) is 18.3 Å². The normalized spacial score (nSPS) is 11.5. The van der Waals surface area contributed by atoms with Gasteiger partial charge >= 0.3 is 0 Å². The Balaban J connectivity index is 1.42. The molecule has 146 valence electrons. The average molecular weight is 398 g/mol. The molecular formula is C20H22N4O3S. The molecule has 0 aliphatic rings. The lowest BCUT2D eigenvalue weighted by molar-refractivity contribution is -0.116. The molecule has 7 nitrogen and oxygen atoms in total. The van der Waals surface area contributed by atoms with E-state index >= 15 is 0 Å². The van der Waals surface area contributed by atoms with E-state index in [4.69, 9.17) is 5.14 Å². The van der Waals surface area contributed by atoms with Gasteiger partial charge in [0.25, 0.3) is 0 Å². The highest BCUT2D eigenvalue weighted by Gasteiger charge is 2.07. The number of benzene rings is 2. The van der Waals surface area contributed by atoms with Crippen LogP contribution in [0.3, 0.4) is 0 Å². The van der Waals surface area contributed by atoms with Gasteiger partial charge in [-0.15, -0.1) is 0 Å². The molecule has 8 heteroatoms. The van der Waals surface area contributed by atoms with Crippen molar-refractivity contribution < 1.29 is 13.2 Å². The van der Waals surface area contributed by atoms with Crippen LogP contribution in [0, 0.1) is 0 Å². The highest BCUT2D eigenvalue weighted by Crippen LogP contribution is 2.20. The minimum atomic E-state index is -3.66. The van der Waals surface area contributed by atoms with Crippen LogP contribution in [0.2, 0.25) is 0 Å². The van der Waals surface area contributed by atoms with E-state index in [2.05, 4.69) is 15.6 Å². The fraction of sp³-hybridized carbons (Fsp3) is 0.200. The molecule has 4 N–H and O–H groups in total. The number of nitrogens with two attached hydrogens (primary N) is 1. The summed E-state index contributed by atoms with van der Waals surface area (Å²) in [6, 6.07) is 16.0. The van der Waals surface area contributed by atoms with Crippen molar-refractivity contribution >= 4 is 32.5 Å². The van der Waals surface area contributed by atoms with Crippen LogP contribution in [-0.4, -0.2) is 32.4 Å². The van der Waals surface area contributed by atoms with Crippen molar-refractivity contribution in [2.45, 2.75) is 17.7 Å². The van der Waals surface area contributed by atoms with E-state index < -0.39 is 10.0 Å². The van der Waals surface area contributed by atoms with E-state index in [0.717, 1.165) is 22.9 Å². The zero-order valence-corrected chi connectivity index (χ0v) is 16.1. The number of fused-ring (bicyclic) bond motifs is 1. The first-order chi connectivity index (χ1) is 13.4. The second-order valence-electron chi connectivity index (χ2n) is 6.37. The van der Waals surface area contributed by atoms with Gasteiger partial charge in [-0.2, -0.15) is 0 Å². The number of hydrogen-bond donors (Lipinski definition) is 3. The molecule has 0 spiro atoms. The summed E-state index contributed by atoms with van der Waals surface area (Å²) in [6.07, 6.45) is 2.77. The zero-order valence-electron chi connectivity index (χ0n) is 15.3. The first kappa shape index (κ1) is 19.9. The maximum atomic E-state index is 12.2. The first-order valence-electron chi connectivity index (χ1n) is 8.89. The average Bonchev–Trinajstić information content (AvgIpc) is 2.68. The van der Waals surface area contributed by atoms with E-state index in [9.17, 15) is 13.2 Å². The van der Waals surface area contributed by atoms with Crippen molar-refractivity contribution in [3.63, 3.8) is 0 Å². The summed E-state index contributed by atoms with van der Waals surface area (Å²) >= 11 is 0. The van der Waals surface area contributed by atoms with Crippen LogP contribution < -0.4 is 15.8 Å². The number of sulfonamides is 1. The summed E-state index contributed by atoms with van der Waals surface area (Å²) in [7, 11) is -3.66. The molecule has 3 aromatic rings. The van der Waals surface area contributed by atoms with Crippen LogP contribution in [0.25, 0.3) is 10.9 Å². The van der Waals surface area contributed by atoms with Crippen LogP contribution in [0.1, 0.15) is 12.0 Å². The number of amides is 1. The van der Waals surface area contributed by atoms with Crippen LogP contribution in [0.5, 0.6) is 0 Å². The van der Waals surface area contributed by atoms with E-state index in [0.29, 0.717) is 25.2 Å². The van der Waals surface area contributed by atoms with Crippen molar-refractivity contribution in [3.8, 4) is 0 Å². The molecule has 0 radical (unpaired) electrons. The number of para-hydroxylation sites is 1. The Morgan fingerprint density at radius 2 is 1.75 bits per heavy atom. The first-order valence-corrected chi connectivity index (χ1v) is 10.4. The summed E-state index contributed by atoms with van der Waals surface area (Å²) in [5.41, 5.74) is 2.47. The molecule has 3 rings (SSSR count). The Hall–Kier alpha value is -2.81. The topological polar surface area (TPSA) is 114 Å². The molecule has 28 heavy (non-hydrogen) atoms. The Bertz CT molecular complexity index is 1060. The molecule has 0 saturated carbocycles. The number of hydrogen-bond acceptors (Lipinski definition) is 5. The molecule has 0 unspecified atom stereocenters. The van der Waals surface area contributed by atoms with Crippen LogP contribution >= 0.6 is 0 Å². The molecule has 0 fully saturated rings. The van der Waals surface area contributed by atoms with Crippen molar-refractivity contribution in [1.82, 2.24) is 10.3 Å². The molecule has 0 aliphatic heterocycles. The summed E-state index contributed by atoms with van der Waals surface area (Å²) in [5.74, 6) is -0.0804. The fourth-order valence-electron chi connectivity index (χ4n) is 2.82. The molecule has 0 saturated heterocycles. The van der Waals surface area contributed by atoms with E-state index in [1.165, 1.54) is 12.1 Å². The van der Waals surface area contributed by atoms with Crippen LogP contribution in [-0.2, 0) is 21.2 Å². The van der Waals surface area contributed by atoms with Gasteiger partial charge in [0.15, 0.2) is 0 Å². The third kappa shape index (κ3) is 5.35. The summed E-state index contributed by atoms with van der Waals surface area (Å²) in [6.45, 7) is 1.22. The Morgan fingerprint density at radius 3 is 2.50 bits per heavy atom. The number of carbonyl (C=O) groups is 1. The molecule has 0 atom stereocenters. The highest BCUT2D eigenvalue weighted by atomic mass is 32.2. The number of aromatic nitrogens is 1. The highest BCUT2D eigenvalue weighted by molar-refractivity contribution is 7.89. The van der Waals surface area contributed by atoms with Crippen LogP contribution in [0.4, 0.5) is 5.69 Å². The number of primary sulfonamides is 1. The van der Waals surface area contributed by atoms with Gasteiger partial charge in [-0.1, -0.05) is 30.3 Å². The van der Waals surface area contributed by atoms with Gasteiger partial charge in [0.1, 0.15) is 0 Å². The summed E-state index contributed by atoms with van der Waals surface area (Å²) < 4.78 is 22.5. The van der Waals surface area contributed by atoms with Gasteiger partial charge in [0, 0.05) is 24.5 Å². The van der Waals surface area contributed by atoms with E-state index in [-0.39, 0.29) is 10.8 Å². The minimum Gasteiger partial charge on any atom is -0.324 e. The Kier molecular flexibility index (Phi) is 6.35. The van der Waals surface area contributed by atoms with Crippen LogP contribution in [0.15, 0.2) is 65.7 Å². The number of pyridine rings is 1. The van der Waals surface area contributed by atoms with Gasteiger partial charge in [-0.3, -0.25) is 9.78 Å². The van der Waals surface area contributed by atoms with Gasteiger partial charge in [-0.05, 0) is 42.8 Å². The minimum absolute atomic E-state index is 0.0804. The maximum Gasteiger partial charge on any atom is 0.238 e. The predicted octanol–water partition coefficient (Wildman–Crippen LogP) is 2.04. The van der Waals surface area contributed by atoms with Gasteiger partial charge in [0.2, 0.25) is 15.9 Å². The lowest BCUT2D eigenvalue weighted by Gasteiger charge is -2.09. The molecule has 1 heterocycles. The molecule has 0 aliphatic carbocycles. The molecule has 1 amide bonds. The quantitative estimate of drug-likeness (QED) is 0.503. The molecule has 1 aromatic heterocycles.